The molecule has 0 amide bonds. The second kappa shape index (κ2) is 4.22. The summed E-state index contributed by atoms with van der Waals surface area (Å²) in [5, 5.41) is 3.46. The van der Waals surface area contributed by atoms with E-state index in [-0.39, 0.29) is 34.1 Å². The monoisotopic (exact) mass is 264 g/mol. The second-order valence-corrected chi connectivity index (χ2v) is 4.32. The maximum atomic E-state index is 12.5. The lowest BCUT2D eigenvalue weighted by atomic mass is 9.83. The molecule has 0 aliphatic heterocycles. The van der Waals surface area contributed by atoms with Gasteiger partial charge in [-0.2, -0.15) is 0 Å². The van der Waals surface area contributed by atoms with Crippen molar-refractivity contribution in [1.82, 2.24) is 0 Å². The normalized spacial score (nSPS) is 12.4. The van der Waals surface area contributed by atoms with Crippen LogP contribution in [-0.4, -0.2) is 11.6 Å². The van der Waals surface area contributed by atoms with E-state index in [0.29, 0.717) is 11.1 Å². The molecule has 0 unspecified atom stereocenters. The van der Waals surface area contributed by atoms with E-state index in [4.69, 9.17) is 11.3 Å². The Morgan fingerprint density at radius 2 is 1.60 bits per heavy atom. The number of ketones is 2. The molecule has 0 bridgehead atoms. The number of anilines is 1. The Balaban J connectivity index is 2.39. The van der Waals surface area contributed by atoms with E-state index < -0.39 is 0 Å². The van der Waals surface area contributed by atoms with Gasteiger partial charge in [0, 0.05) is 32.9 Å². The summed E-state index contributed by atoms with van der Waals surface area (Å²) in [6.45, 7) is 0. The van der Waals surface area contributed by atoms with E-state index in [2.05, 4.69) is 10.0 Å². The van der Waals surface area contributed by atoms with E-state index in [1.54, 1.807) is 24.3 Å². The quantitative estimate of drug-likeness (QED) is 0.315. The maximum absolute atomic E-state index is 12.5. The molecule has 6 heteroatoms. The highest BCUT2D eigenvalue weighted by atomic mass is 16.1. The van der Waals surface area contributed by atoms with E-state index in [0.717, 1.165) is 0 Å². The van der Waals surface area contributed by atoms with Crippen LogP contribution in [0.4, 0.5) is 11.4 Å². The number of nitrogens with two attached hydrogens (primary N) is 1. The summed E-state index contributed by atoms with van der Waals surface area (Å²) in [6.07, 6.45) is 0. The number of fused-ring (bicyclic) bond motifs is 2. The van der Waals surface area contributed by atoms with Gasteiger partial charge in [0.25, 0.3) is 0 Å². The topological polar surface area (TPSA) is 109 Å². The van der Waals surface area contributed by atoms with Crippen molar-refractivity contribution in [3.05, 3.63) is 69.1 Å². The number of carbonyl (C=O) groups excluding carboxylic acids is 2. The van der Waals surface area contributed by atoms with Crippen molar-refractivity contribution in [2.24, 2.45) is 5.11 Å². The van der Waals surface area contributed by atoms with E-state index in [9.17, 15) is 9.59 Å². The average Bonchev–Trinajstić information content (AvgIpc) is 2.47. The van der Waals surface area contributed by atoms with Gasteiger partial charge in [0.05, 0.1) is 5.69 Å². The minimum atomic E-state index is -0.357. The molecule has 0 heterocycles. The SMILES string of the molecule is [N-]=[N+]=Nc1c(N)ccc2c1C(=O)c1ccccc1C2=O. The van der Waals surface area contributed by atoms with Crippen LogP contribution in [-0.2, 0) is 0 Å². The highest BCUT2D eigenvalue weighted by Gasteiger charge is 2.31. The Bertz CT molecular complexity index is 820. The van der Waals surface area contributed by atoms with Crippen LogP contribution in [0.5, 0.6) is 0 Å². The minimum absolute atomic E-state index is 0.0119. The number of rotatable bonds is 1. The van der Waals surface area contributed by atoms with Crippen molar-refractivity contribution in [3.8, 4) is 0 Å². The molecule has 20 heavy (non-hydrogen) atoms. The fourth-order valence-corrected chi connectivity index (χ4v) is 2.34. The molecule has 0 radical (unpaired) electrons. The van der Waals surface area contributed by atoms with Crippen LogP contribution in [0.3, 0.4) is 0 Å². The largest absolute Gasteiger partial charge is 0.398 e. The van der Waals surface area contributed by atoms with Crippen LogP contribution in [0.1, 0.15) is 31.8 Å². The molecule has 2 N–H and O–H groups in total. The summed E-state index contributed by atoms with van der Waals surface area (Å²) >= 11 is 0. The number of benzene rings is 2. The fraction of sp³-hybridized carbons (Fsp3) is 0. The molecule has 2 aromatic rings. The maximum Gasteiger partial charge on any atom is 0.195 e. The molecule has 0 saturated heterocycles. The average molecular weight is 264 g/mol. The van der Waals surface area contributed by atoms with Crippen LogP contribution in [0, 0.1) is 0 Å². The summed E-state index contributed by atoms with van der Waals surface area (Å²) in [5.74, 6) is -0.630. The number of azide groups is 1. The van der Waals surface area contributed by atoms with Gasteiger partial charge in [-0.05, 0) is 17.7 Å². The summed E-state index contributed by atoms with van der Waals surface area (Å²) in [6, 6.07) is 9.48. The lowest BCUT2D eigenvalue weighted by Gasteiger charge is -2.19. The highest BCUT2D eigenvalue weighted by Crippen LogP contribution is 2.37. The molecule has 3 rings (SSSR count). The molecular formula is C14H8N4O2. The Morgan fingerprint density at radius 1 is 0.950 bits per heavy atom. The molecule has 6 nitrogen and oxygen atoms in total. The van der Waals surface area contributed by atoms with E-state index in [1.807, 2.05) is 0 Å². The predicted octanol–water partition coefficient (Wildman–Crippen LogP) is 2.99. The van der Waals surface area contributed by atoms with Gasteiger partial charge in [0.15, 0.2) is 11.6 Å². The number of hydrogen-bond acceptors (Lipinski definition) is 4. The van der Waals surface area contributed by atoms with Gasteiger partial charge in [-0.3, -0.25) is 9.59 Å². The van der Waals surface area contributed by atoms with Gasteiger partial charge < -0.3 is 5.73 Å². The zero-order valence-electron chi connectivity index (χ0n) is 10.2. The smallest absolute Gasteiger partial charge is 0.195 e. The van der Waals surface area contributed by atoms with Crippen LogP contribution < -0.4 is 5.73 Å². The van der Waals surface area contributed by atoms with Gasteiger partial charge in [-0.15, -0.1) is 0 Å². The summed E-state index contributed by atoms with van der Waals surface area (Å²) < 4.78 is 0. The zero-order chi connectivity index (χ0) is 14.3. The van der Waals surface area contributed by atoms with E-state index >= 15 is 0 Å². The molecule has 1 aliphatic carbocycles. The van der Waals surface area contributed by atoms with Crippen LogP contribution in [0.2, 0.25) is 0 Å². The molecule has 0 fully saturated rings. The van der Waals surface area contributed by atoms with Gasteiger partial charge >= 0.3 is 0 Å². The number of carbonyl (C=O) groups is 2. The summed E-state index contributed by atoms with van der Waals surface area (Å²) in [5.41, 5.74) is 15.4. The van der Waals surface area contributed by atoms with Crippen LogP contribution in [0.15, 0.2) is 41.5 Å². The third kappa shape index (κ3) is 1.49. The lowest BCUT2D eigenvalue weighted by Crippen LogP contribution is -2.21. The first kappa shape index (κ1) is 12.0. The third-order valence-electron chi connectivity index (χ3n) is 3.24. The molecule has 0 aromatic heterocycles. The van der Waals surface area contributed by atoms with E-state index in [1.165, 1.54) is 12.1 Å². The lowest BCUT2D eigenvalue weighted by molar-refractivity contribution is 0.0979. The first-order chi connectivity index (χ1) is 9.65. The van der Waals surface area contributed by atoms with Gasteiger partial charge in [-0.25, -0.2) is 0 Å². The predicted molar refractivity (Wildman–Crippen MR) is 73.0 cm³/mol. The molecule has 0 spiro atoms. The van der Waals surface area contributed by atoms with Crippen LogP contribution >= 0.6 is 0 Å². The van der Waals surface area contributed by atoms with Crippen molar-refractivity contribution in [3.63, 3.8) is 0 Å². The first-order valence-corrected chi connectivity index (χ1v) is 5.81. The molecule has 1 aliphatic rings. The number of nitrogens with zero attached hydrogens (tertiary/aromatic N) is 3. The Labute approximate surface area is 113 Å². The molecule has 96 valence electrons. The summed E-state index contributed by atoms with van der Waals surface area (Å²) in [4.78, 5) is 27.6. The highest BCUT2D eigenvalue weighted by molar-refractivity contribution is 6.30. The summed E-state index contributed by atoms with van der Waals surface area (Å²) in [7, 11) is 0. The Morgan fingerprint density at radius 3 is 2.25 bits per heavy atom. The first-order valence-electron chi connectivity index (χ1n) is 5.81. The van der Waals surface area contributed by atoms with Gasteiger partial charge in [-0.1, -0.05) is 29.4 Å². The number of hydrogen-bond donors (Lipinski definition) is 1. The third-order valence-corrected chi connectivity index (χ3v) is 3.24. The number of nitrogen functional groups attached to an aromatic ring is 1. The van der Waals surface area contributed by atoms with Crippen molar-refractivity contribution in [2.75, 3.05) is 5.73 Å². The second-order valence-electron chi connectivity index (χ2n) is 4.32. The molecule has 0 atom stereocenters. The molecule has 0 saturated carbocycles. The molecule has 2 aromatic carbocycles. The standard InChI is InChI=1S/C14H8N4O2/c15-10-6-5-9-11(12(10)17-18-16)14(20)8-4-2-1-3-7(8)13(9)19/h1-6H,15H2. The fourth-order valence-electron chi connectivity index (χ4n) is 2.34. The Kier molecular flexibility index (Phi) is 2.52. The van der Waals surface area contributed by atoms with Crippen molar-refractivity contribution < 1.29 is 9.59 Å². The minimum Gasteiger partial charge on any atom is -0.398 e. The Hall–Kier alpha value is -3.11. The van der Waals surface area contributed by atoms with Gasteiger partial charge in [0.2, 0.25) is 0 Å². The van der Waals surface area contributed by atoms with Crippen molar-refractivity contribution in [2.45, 2.75) is 0 Å². The van der Waals surface area contributed by atoms with Gasteiger partial charge in [0.1, 0.15) is 0 Å². The zero-order valence-corrected chi connectivity index (χ0v) is 10.2. The van der Waals surface area contributed by atoms with Crippen molar-refractivity contribution in [1.29, 1.82) is 0 Å². The molecular weight excluding hydrogens is 256 g/mol. The van der Waals surface area contributed by atoms with Crippen LogP contribution in [0.25, 0.3) is 10.4 Å². The van der Waals surface area contributed by atoms with Crippen molar-refractivity contribution >= 4 is 22.9 Å².